The van der Waals surface area contributed by atoms with Crippen LogP contribution < -0.4 is 0 Å². The van der Waals surface area contributed by atoms with Gasteiger partial charge in [0.25, 0.3) is 0 Å². The van der Waals surface area contributed by atoms with E-state index in [-0.39, 0.29) is 18.9 Å². The van der Waals surface area contributed by atoms with Gasteiger partial charge >= 0.3 is 23.1 Å². The first-order valence-corrected chi connectivity index (χ1v) is 9.06. The fourth-order valence-electron chi connectivity index (χ4n) is 3.56. The number of fused-ring (bicyclic) bond motifs is 1. The van der Waals surface area contributed by atoms with Crippen molar-refractivity contribution in [3.8, 4) is 0 Å². The Bertz CT molecular complexity index is 628. The molecule has 0 aromatic heterocycles. The van der Waals surface area contributed by atoms with Crippen LogP contribution in [0.1, 0.15) is 25.7 Å². The lowest BCUT2D eigenvalue weighted by Gasteiger charge is -2.23. The predicted octanol–water partition coefficient (Wildman–Crippen LogP) is 1.48. The second-order valence-electron chi connectivity index (χ2n) is 6.50. The molecule has 3 aliphatic rings. The minimum absolute atomic E-state index is 0.135. The van der Waals surface area contributed by atoms with E-state index < -0.39 is 71.3 Å². The van der Waals surface area contributed by atoms with Crippen LogP contribution >= 0.6 is 0 Å². The van der Waals surface area contributed by atoms with Crippen molar-refractivity contribution in [3.63, 3.8) is 0 Å². The molecule has 3 saturated heterocycles. The number of hydrogen-bond acceptors (Lipinski definition) is 6. The van der Waals surface area contributed by atoms with Crippen LogP contribution in [0.3, 0.4) is 0 Å². The van der Waals surface area contributed by atoms with Crippen LogP contribution in [0.4, 0.5) is 17.6 Å². The van der Waals surface area contributed by atoms with E-state index in [1.54, 1.807) is 0 Å². The van der Waals surface area contributed by atoms with Gasteiger partial charge < -0.3 is 18.8 Å². The van der Waals surface area contributed by atoms with Gasteiger partial charge in [0.1, 0.15) is 18.1 Å². The minimum atomic E-state index is -5.05. The summed E-state index contributed by atoms with van der Waals surface area (Å²) in [5.41, 5.74) is 0. The molecule has 0 aliphatic carbocycles. The van der Waals surface area contributed by atoms with E-state index in [0.717, 1.165) is 0 Å². The zero-order valence-electron chi connectivity index (χ0n) is 13.2. The maximum Gasteiger partial charge on any atom is 0.406 e. The first-order chi connectivity index (χ1) is 12.1. The highest BCUT2D eigenvalue weighted by atomic mass is 32.2. The van der Waals surface area contributed by atoms with E-state index in [1.165, 1.54) is 0 Å². The molecule has 148 valence electrons. The van der Waals surface area contributed by atoms with Crippen molar-refractivity contribution in [2.45, 2.75) is 55.2 Å². The van der Waals surface area contributed by atoms with Crippen molar-refractivity contribution >= 4 is 23.0 Å². The molecule has 0 saturated carbocycles. The van der Waals surface area contributed by atoms with Crippen molar-refractivity contribution in [1.29, 1.82) is 0 Å². The Hall–Kier alpha value is -1.27. The lowest BCUT2D eigenvalue weighted by Crippen LogP contribution is -2.43. The smallest absolute Gasteiger partial charge is 0.406 e. The third-order valence-electron chi connectivity index (χ3n) is 4.89. The normalized spacial score (nSPS) is 34.0. The zero-order valence-corrected chi connectivity index (χ0v) is 14.1. The number of carbonyl (C=O) groups excluding carboxylic acids is 2. The van der Waals surface area contributed by atoms with E-state index >= 15 is 0 Å². The molecule has 0 spiro atoms. The van der Waals surface area contributed by atoms with Crippen molar-refractivity contribution in [3.05, 3.63) is 0 Å². The van der Waals surface area contributed by atoms with Gasteiger partial charge in [-0.05, 0) is 19.3 Å². The fraction of sp³-hybridized carbons (Fsp3) is 0.857. The summed E-state index contributed by atoms with van der Waals surface area (Å²) in [4.78, 5) is 23.7. The summed E-state index contributed by atoms with van der Waals surface area (Å²) in [6.07, 6.45) is -3.21. The molecule has 0 aromatic rings. The molecule has 12 heteroatoms. The maximum absolute atomic E-state index is 13.2. The summed E-state index contributed by atoms with van der Waals surface area (Å²) in [6.45, 7) is -0.291. The zero-order chi connectivity index (χ0) is 19.3. The lowest BCUT2D eigenvalue weighted by molar-refractivity contribution is -0.163. The highest BCUT2D eigenvalue weighted by Crippen LogP contribution is 2.49. The van der Waals surface area contributed by atoms with Gasteiger partial charge in [-0.3, -0.25) is 9.59 Å². The van der Waals surface area contributed by atoms with Gasteiger partial charge in [-0.1, -0.05) is 0 Å². The van der Waals surface area contributed by atoms with Crippen LogP contribution in [-0.4, -0.2) is 56.8 Å². The molecule has 1 N–H and O–H groups in total. The van der Waals surface area contributed by atoms with E-state index in [1.807, 2.05) is 0 Å². The highest BCUT2D eigenvalue weighted by Gasteiger charge is 2.66. The van der Waals surface area contributed by atoms with Crippen LogP contribution in [0.5, 0.6) is 0 Å². The molecule has 3 fully saturated rings. The second kappa shape index (κ2) is 6.71. The maximum atomic E-state index is 13.2. The molecular weight excluding hydrogens is 388 g/mol. The summed E-state index contributed by atoms with van der Waals surface area (Å²) in [5, 5.41) is -5.05. The topological polar surface area (TPSA) is 99.1 Å². The highest BCUT2D eigenvalue weighted by molar-refractivity contribution is 7.80. The molecule has 3 rings (SSSR count). The Morgan fingerprint density at radius 2 is 1.96 bits per heavy atom. The number of halogens is 4. The molecule has 6 atom stereocenters. The van der Waals surface area contributed by atoms with Crippen LogP contribution in [0, 0.1) is 11.8 Å². The number of alkyl halides is 4. The molecule has 3 heterocycles. The van der Waals surface area contributed by atoms with Crippen molar-refractivity contribution < 1.29 is 50.1 Å². The van der Waals surface area contributed by atoms with E-state index in [2.05, 4.69) is 0 Å². The molecular formula is C14H16F4O7S. The van der Waals surface area contributed by atoms with E-state index in [0.29, 0.717) is 6.42 Å². The van der Waals surface area contributed by atoms with Crippen molar-refractivity contribution in [2.75, 3.05) is 6.61 Å². The quantitative estimate of drug-likeness (QED) is 0.283. The fourth-order valence-corrected chi connectivity index (χ4v) is 3.92. The molecule has 2 bridgehead atoms. The molecule has 3 aliphatic heterocycles. The largest absolute Gasteiger partial charge is 0.465 e. The van der Waals surface area contributed by atoms with Gasteiger partial charge in [0.2, 0.25) is 11.1 Å². The van der Waals surface area contributed by atoms with Crippen molar-refractivity contribution in [2.24, 2.45) is 11.8 Å². The van der Waals surface area contributed by atoms with Gasteiger partial charge in [0, 0.05) is 6.42 Å². The van der Waals surface area contributed by atoms with Gasteiger partial charge in [0.05, 0.1) is 18.6 Å². The minimum Gasteiger partial charge on any atom is -0.465 e. The Labute approximate surface area is 147 Å². The number of hydrogen-bond donors (Lipinski definition) is 1. The van der Waals surface area contributed by atoms with Gasteiger partial charge in [0.15, 0.2) is 0 Å². The van der Waals surface area contributed by atoms with Crippen LogP contribution in [-0.2, 0) is 34.9 Å². The Balaban J connectivity index is 1.42. The third kappa shape index (κ3) is 3.11. The first kappa shape index (κ1) is 19.5. The number of esters is 2. The summed E-state index contributed by atoms with van der Waals surface area (Å²) in [5.74, 6) is -6.89. The SMILES string of the molecule is O=C1OC2C3OC(CC13)C2C(=O)OCCCCC(F)(F)C(F)(F)S(=O)O. The molecule has 0 radical (unpaired) electrons. The second-order valence-corrected chi connectivity index (χ2v) is 7.51. The molecule has 0 aromatic carbocycles. The third-order valence-corrected chi connectivity index (χ3v) is 5.63. The van der Waals surface area contributed by atoms with Crippen LogP contribution in [0.2, 0.25) is 0 Å². The van der Waals surface area contributed by atoms with E-state index in [9.17, 15) is 31.4 Å². The lowest BCUT2D eigenvalue weighted by atomic mass is 9.82. The first-order valence-electron chi connectivity index (χ1n) is 7.95. The summed E-state index contributed by atoms with van der Waals surface area (Å²) < 4.78 is 86.5. The molecule has 0 amide bonds. The van der Waals surface area contributed by atoms with E-state index in [4.69, 9.17) is 18.8 Å². The van der Waals surface area contributed by atoms with Crippen molar-refractivity contribution in [1.82, 2.24) is 0 Å². The predicted molar refractivity (Wildman–Crippen MR) is 75.6 cm³/mol. The standard InChI is InChI=1S/C14H16F4O7S/c15-13(16,14(17,18)26(21)22)3-1-2-4-23-12(20)8-7-5-6-9(24-7)10(8)25-11(6)19/h6-10H,1-5H2,(H,21,22). The Morgan fingerprint density at radius 1 is 1.27 bits per heavy atom. The number of unbranched alkanes of at least 4 members (excludes halogenated alkanes) is 1. The molecule has 7 nitrogen and oxygen atoms in total. The summed E-state index contributed by atoms with van der Waals surface area (Å²) in [7, 11) is 0. The van der Waals surface area contributed by atoms with Crippen LogP contribution in [0.15, 0.2) is 0 Å². The number of rotatable bonds is 8. The van der Waals surface area contributed by atoms with Crippen LogP contribution in [0.25, 0.3) is 0 Å². The monoisotopic (exact) mass is 404 g/mol. The number of ether oxygens (including phenoxy) is 3. The average Bonchev–Trinajstić information content (AvgIpc) is 3.16. The van der Waals surface area contributed by atoms with Gasteiger partial charge in [-0.15, -0.1) is 0 Å². The Kier molecular flexibility index (Phi) is 5.03. The summed E-state index contributed by atoms with van der Waals surface area (Å²) in [6, 6.07) is 0. The molecule has 26 heavy (non-hydrogen) atoms. The summed E-state index contributed by atoms with van der Waals surface area (Å²) >= 11 is -3.99. The Morgan fingerprint density at radius 3 is 2.62 bits per heavy atom. The number of carbonyl (C=O) groups is 2. The molecule has 6 unspecified atom stereocenters. The van der Waals surface area contributed by atoms with Gasteiger partial charge in [-0.2, -0.15) is 17.6 Å². The van der Waals surface area contributed by atoms with Gasteiger partial charge in [-0.25, -0.2) is 4.21 Å². The average molecular weight is 404 g/mol.